The minimum Gasteiger partial charge on any atom is -0.496 e. The van der Waals surface area contributed by atoms with Crippen LogP contribution < -0.4 is 14.2 Å². The smallest absolute Gasteiger partial charge is 0.336 e. The number of hydrogen-bond acceptors (Lipinski definition) is 5. The van der Waals surface area contributed by atoms with E-state index in [2.05, 4.69) is 4.98 Å². The normalized spacial score (nSPS) is 10.6. The fraction of sp³-hybridized carbons (Fsp3) is 0.200. The fourth-order valence-corrected chi connectivity index (χ4v) is 2.83. The highest BCUT2D eigenvalue weighted by Crippen LogP contribution is 2.36. The molecule has 0 fully saturated rings. The van der Waals surface area contributed by atoms with Gasteiger partial charge in [0.2, 0.25) is 0 Å². The zero-order chi connectivity index (χ0) is 18.7. The van der Waals surface area contributed by atoms with E-state index < -0.39 is 5.97 Å². The highest BCUT2D eigenvalue weighted by Gasteiger charge is 2.18. The number of benzene rings is 2. The molecule has 0 radical (unpaired) electrons. The Morgan fingerprint density at radius 1 is 1.04 bits per heavy atom. The van der Waals surface area contributed by atoms with E-state index in [1.807, 2.05) is 25.1 Å². The number of nitrogens with zero attached hydrogens (tertiary/aromatic N) is 1. The van der Waals surface area contributed by atoms with Gasteiger partial charge in [0.25, 0.3) is 0 Å². The van der Waals surface area contributed by atoms with Crippen molar-refractivity contribution in [2.75, 3.05) is 20.8 Å². The molecule has 3 rings (SSSR count). The predicted molar refractivity (Wildman–Crippen MR) is 98.4 cm³/mol. The Bertz CT molecular complexity index is 968. The Labute approximate surface area is 151 Å². The summed E-state index contributed by atoms with van der Waals surface area (Å²) in [6.07, 6.45) is 0. The van der Waals surface area contributed by atoms with Crippen LogP contribution in [-0.4, -0.2) is 36.9 Å². The highest BCUT2D eigenvalue weighted by molar-refractivity contribution is 6.04. The second-order valence-corrected chi connectivity index (χ2v) is 5.51. The lowest BCUT2D eigenvalue weighted by Gasteiger charge is -2.14. The lowest BCUT2D eigenvalue weighted by molar-refractivity contribution is 0.0699. The van der Waals surface area contributed by atoms with Crippen LogP contribution in [0.2, 0.25) is 0 Å². The molecule has 1 N–H and O–H groups in total. The van der Waals surface area contributed by atoms with Crippen molar-refractivity contribution in [1.82, 2.24) is 4.98 Å². The van der Waals surface area contributed by atoms with Crippen molar-refractivity contribution in [3.63, 3.8) is 0 Å². The first-order chi connectivity index (χ1) is 12.6. The summed E-state index contributed by atoms with van der Waals surface area (Å²) in [5.74, 6) is 0.562. The van der Waals surface area contributed by atoms with Gasteiger partial charge in [-0.15, -0.1) is 0 Å². The first-order valence-electron chi connectivity index (χ1n) is 8.11. The molecule has 1 heterocycles. The number of para-hydroxylation sites is 1. The third-order valence-corrected chi connectivity index (χ3v) is 4.01. The van der Waals surface area contributed by atoms with Gasteiger partial charge >= 0.3 is 5.97 Å². The molecule has 0 aliphatic rings. The Balaban J connectivity index is 2.31. The minimum absolute atomic E-state index is 0.138. The molecule has 0 aliphatic heterocycles. The number of aromatic carboxylic acids is 1. The van der Waals surface area contributed by atoms with Crippen LogP contribution in [0.5, 0.6) is 17.2 Å². The standard InChI is InChI=1S/C20H19NO5/c1-4-26-19-10-13-14(20(22)23)9-15(21-16(13)11-18(19)25-3)12-7-5-6-8-17(12)24-2/h5-11H,4H2,1-3H3,(H,22,23). The van der Waals surface area contributed by atoms with E-state index in [0.717, 1.165) is 0 Å². The second kappa shape index (κ2) is 7.31. The van der Waals surface area contributed by atoms with Crippen molar-refractivity contribution in [2.24, 2.45) is 0 Å². The van der Waals surface area contributed by atoms with Crippen LogP contribution in [0.15, 0.2) is 42.5 Å². The van der Waals surface area contributed by atoms with Gasteiger partial charge in [-0.25, -0.2) is 9.78 Å². The topological polar surface area (TPSA) is 77.9 Å². The second-order valence-electron chi connectivity index (χ2n) is 5.51. The maximum atomic E-state index is 11.8. The van der Waals surface area contributed by atoms with E-state index in [0.29, 0.717) is 46.0 Å². The molecule has 0 atom stereocenters. The van der Waals surface area contributed by atoms with Crippen LogP contribution in [-0.2, 0) is 0 Å². The van der Waals surface area contributed by atoms with Crippen LogP contribution in [0.1, 0.15) is 17.3 Å². The van der Waals surface area contributed by atoms with Crippen molar-refractivity contribution in [3.8, 4) is 28.5 Å². The summed E-state index contributed by atoms with van der Waals surface area (Å²) in [7, 11) is 3.10. The van der Waals surface area contributed by atoms with Gasteiger partial charge < -0.3 is 19.3 Å². The van der Waals surface area contributed by atoms with Crippen LogP contribution in [0, 0.1) is 0 Å². The van der Waals surface area contributed by atoms with Gasteiger partial charge in [0.05, 0.1) is 37.6 Å². The van der Waals surface area contributed by atoms with Crippen molar-refractivity contribution in [1.29, 1.82) is 0 Å². The third-order valence-electron chi connectivity index (χ3n) is 4.01. The van der Waals surface area contributed by atoms with Gasteiger partial charge in [0.15, 0.2) is 11.5 Å². The average Bonchev–Trinajstić information content (AvgIpc) is 2.66. The Morgan fingerprint density at radius 2 is 1.77 bits per heavy atom. The highest BCUT2D eigenvalue weighted by atomic mass is 16.5. The molecule has 0 unspecified atom stereocenters. The number of carbonyl (C=O) groups is 1. The zero-order valence-electron chi connectivity index (χ0n) is 14.8. The Kier molecular flexibility index (Phi) is 4.93. The predicted octanol–water partition coefficient (Wildman–Crippen LogP) is 4.02. The van der Waals surface area contributed by atoms with Crippen molar-refractivity contribution in [2.45, 2.75) is 6.92 Å². The number of fused-ring (bicyclic) bond motifs is 1. The summed E-state index contributed by atoms with van der Waals surface area (Å²) in [6.45, 7) is 2.29. The Hall–Kier alpha value is -3.28. The SMILES string of the molecule is CCOc1cc2c(C(=O)O)cc(-c3ccccc3OC)nc2cc1OC. The fourth-order valence-electron chi connectivity index (χ4n) is 2.83. The third kappa shape index (κ3) is 3.13. The Morgan fingerprint density at radius 3 is 2.42 bits per heavy atom. The molecule has 3 aromatic rings. The number of aromatic nitrogens is 1. The maximum absolute atomic E-state index is 11.8. The van der Waals surface area contributed by atoms with E-state index in [1.165, 1.54) is 7.11 Å². The molecule has 1 aromatic heterocycles. The first-order valence-corrected chi connectivity index (χ1v) is 8.11. The molecule has 0 bridgehead atoms. The monoisotopic (exact) mass is 353 g/mol. The molecule has 26 heavy (non-hydrogen) atoms. The molecule has 134 valence electrons. The molecule has 0 saturated carbocycles. The lowest BCUT2D eigenvalue weighted by atomic mass is 10.0. The number of carboxylic acids is 1. The average molecular weight is 353 g/mol. The van der Waals surface area contributed by atoms with E-state index >= 15 is 0 Å². The molecule has 0 spiro atoms. The number of ether oxygens (including phenoxy) is 3. The van der Waals surface area contributed by atoms with Gasteiger partial charge in [-0.05, 0) is 31.2 Å². The minimum atomic E-state index is -1.04. The molecular weight excluding hydrogens is 334 g/mol. The number of pyridine rings is 1. The largest absolute Gasteiger partial charge is 0.496 e. The lowest BCUT2D eigenvalue weighted by Crippen LogP contribution is -2.03. The van der Waals surface area contributed by atoms with Gasteiger partial charge in [0.1, 0.15) is 5.75 Å². The molecule has 6 nitrogen and oxygen atoms in total. The van der Waals surface area contributed by atoms with Gasteiger partial charge in [-0.2, -0.15) is 0 Å². The van der Waals surface area contributed by atoms with Crippen LogP contribution >= 0.6 is 0 Å². The van der Waals surface area contributed by atoms with Crippen LogP contribution in [0.25, 0.3) is 22.2 Å². The number of methoxy groups -OCH3 is 2. The summed E-state index contributed by atoms with van der Waals surface area (Å²) in [6, 6.07) is 12.2. The van der Waals surface area contributed by atoms with Gasteiger partial charge in [0, 0.05) is 17.0 Å². The van der Waals surface area contributed by atoms with E-state index in [1.54, 1.807) is 31.4 Å². The van der Waals surface area contributed by atoms with Gasteiger partial charge in [-0.1, -0.05) is 12.1 Å². The summed E-state index contributed by atoms with van der Waals surface area (Å²) in [5, 5.41) is 10.2. The van der Waals surface area contributed by atoms with Crippen molar-refractivity contribution >= 4 is 16.9 Å². The molecule has 0 aliphatic carbocycles. The molecule has 6 heteroatoms. The summed E-state index contributed by atoms with van der Waals surface area (Å²) < 4.78 is 16.3. The zero-order valence-corrected chi connectivity index (χ0v) is 14.8. The summed E-state index contributed by atoms with van der Waals surface area (Å²) in [5.41, 5.74) is 1.87. The number of rotatable bonds is 6. The van der Waals surface area contributed by atoms with E-state index in [4.69, 9.17) is 14.2 Å². The maximum Gasteiger partial charge on any atom is 0.336 e. The quantitative estimate of drug-likeness (QED) is 0.721. The molecule has 2 aromatic carbocycles. The molecular formula is C20H19NO5. The molecule has 0 saturated heterocycles. The number of hydrogen-bond donors (Lipinski definition) is 1. The van der Waals surface area contributed by atoms with E-state index in [9.17, 15) is 9.90 Å². The first kappa shape index (κ1) is 17.5. The molecule has 0 amide bonds. The summed E-state index contributed by atoms with van der Waals surface area (Å²) in [4.78, 5) is 16.5. The van der Waals surface area contributed by atoms with Crippen LogP contribution in [0.4, 0.5) is 0 Å². The van der Waals surface area contributed by atoms with Crippen molar-refractivity contribution in [3.05, 3.63) is 48.0 Å². The van der Waals surface area contributed by atoms with E-state index in [-0.39, 0.29) is 5.56 Å². The summed E-state index contributed by atoms with van der Waals surface area (Å²) >= 11 is 0. The van der Waals surface area contributed by atoms with Crippen molar-refractivity contribution < 1.29 is 24.1 Å². The van der Waals surface area contributed by atoms with Crippen LogP contribution in [0.3, 0.4) is 0 Å². The number of carboxylic acid groups (broad SMARTS) is 1. The van der Waals surface area contributed by atoms with Gasteiger partial charge in [-0.3, -0.25) is 0 Å².